The Morgan fingerprint density at radius 3 is 2.54 bits per heavy atom. The molecule has 0 saturated carbocycles. The van der Waals surface area contributed by atoms with Crippen LogP contribution in [0.3, 0.4) is 0 Å². The van der Waals surface area contributed by atoms with E-state index in [-0.39, 0.29) is 22.8 Å². The van der Waals surface area contributed by atoms with Gasteiger partial charge in [0.05, 0.1) is 21.1 Å². The van der Waals surface area contributed by atoms with Gasteiger partial charge >= 0.3 is 5.97 Å². The third-order valence-corrected chi connectivity index (χ3v) is 7.13. The van der Waals surface area contributed by atoms with Gasteiger partial charge in [-0.05, 0) is 94.0 Å². The molecule has 1 aliphatic rings. The number of hydrogen-bond acceptors (Lipinski definition) is 7. The molecule has 0 unspecified atom stereocenters. The lowest BCUT2D eigenvalue weighted by Gasteiger charge is -2.14. The fourth-order valence-electron chi connectivity index (χ4n) is 3.56. The molecule has 12 heteroatoms. The number of aromatic carboxylic acids is 1. The van der Waals surface area contributed by atoms with Crippen molar-refractivity contribution in [3.63, 3.8) is 0 Å². The average Bonchev–Trinajstić information content (AvgIpc) is 3.15. The number of nitrogens with one attached hydrogen (secondary N) is 1. The number of benzene rings is 3. The van der Waals surface area contributed by atoms with Gasteiger partial charge in [-0.3, -0.25) is 19.3 Å². The van der Waals surface area contributed by atoms with E-state index < -0.39 is 35.4 Å². The Morgan fingerprint density at radius 2 is 1.87 bits per heavy atom. The van der Waals surface area contributed by atoms with Crippen LogP contribution in [-0.2, 0) is 16.2 Å². The summed E-state index contributed by atoms with van der Waals surface area (Å²) in [5, 5.41) is 10.9. The smallest absolute Gasteiger partial charge is 0.335 e. The summed E-state index contributed by atoms with van der Waals surface area (Å²) < 4.78 is 25.4. The van der Waals surface area contributed by atoms with Gasteiger partial charge in [0.25, 0.3) is 11.1 Å². The van der Waals surface area contributed by atoms with E-state index in [0.717, 1.165) is 16.5 Å². The first-order valence-electron chi connectivity index (χ1n) is 11.3. The predicted octanol–water partition coefficient (Wildman–Crippen LogP) is 5.39. The number of carbonyl (C=O) groups is 4. The SMILES string of the molecule is COc1cc(/C=C2/SC(=O)N(CC(=O)Nc3cccc(F)c3)C2=O)cc(I)c1OCc1ccc(C(=O)O)cc1. The highest BCUT2D eigenvalue weighted by Crippen LogP contribution is 2.37. The van der Waals surface area contributed by atoms with Crippen molar-refractivity contribution in [1.29, 1.82) is 0 Å². The number of anilines is 1. The monoisotopic (exact) mass is 662 g/mol. The molecule has 3 aromatic carbocycles. The fraction of sp³-hybridized carbons (Fsp3) is 0.111. The first kappa shape index (κ1) is 28.1. The number of carboxylic acids is 1. The lowest BCUT2D eigenvalue weighted by molar-refractivity contribution is -0.127. The van der Waals surface area contributed by atoms with Crippen molar-refractivity contribution in [2.75, 3.05) is 19.0 Å². The summed E-state index contributed by atoms with van der Waals surface area (Å²) in [6.45, 7) is -0.345. The molecule has 0 atom stereocenters. The fourth-order valence-corrected chi connectivity index (χ4v) is 5.18. The van der Waals surface area contributed by atoms with Crippen LogP contribution in [0.5, 0.6) is 11.5 Å². The number of thioether (sulfide) groups is 1. The number of ether oxygens (including phenoxy) is 2. The minimum Gasteiger partial charge on any atom is -0.493 e. The van der Waals surface area contributed by atoms with E-state index in [2.05, 4.69) is 27.9 Å². The van der Waals surface area contributed by atoms with Gasteiger partial charge in [-0.25, -0.2) is 9.18 Å². The Morgan fingerprint density at radius 1 is 1.13 bits per heavy atom. The summed E-state index contributed by atoms with van der Waals surface area (Å²) in [6, 6.07) is 15.0. The van der Waals surface area contributed by atoms with Crippen LogP contribution in [0, 0.1) is 9.39 Å². The average molecular weight is 662 g/mol. The molecule has 0 aliphatic carbocycles. The number of methoxy groups -OCH3 is 1. The number of hydrogen-bond donors (Lipinski definition) is 2. The first-order valence-corrected chi connectivity index (χ1v) is 13.2. The van der Waals surface area contributed by atoms with Gasteiger partial charge in [0, 0.05) is 5.69 Å². The molecule has 0 spiro atoms. The largest absolute Gasteiger partial charge is 0.493 e. The van der Waals surface area contributed by atoms with Crippen LogP contribution < -0.4 is 14.8 Å². The van der Waals surface area contributed by atoms with E-state index >= 15 is 0 Å². The Bertz CT molecular complexity index is 1490. The molecule has 2 N–H and O–H groups in total. The van der Waals surface area contributed by atoms with Gasteiger partial charge in [0.15, 0.2) is 11.5 Å². The molecule has 1 fully saturated rings. The molecule has 9 nitrogen and oxygen atoms in total. The molecule has 200 valence electrons. The molecule has 3 aromatic rings. The first-order chi connectivity index (χ1) is 18.6. The molecule has 0 aromatic heterocycles. The van der Waals surface area contributed by atoms with Gasteiger partial charge in [0.2, 0.25) is 5.91 Å². The molecular formula is C27H20FIN2O7S. The van der Waals surface area contributed by atoms with Gasteiger partial charge in [-0.15, -0.1) is 0 Å². The molecule has 1 heterocycles. The quantitative estimate of drug-likeness (QED) is 0.231. The summed E-state index contributed by atoms with van der Waals surface area (Å²) in [5.74, 6) is -1.96. The lowest BCUT2D eigenvalue weighted by atomic mass is 10.1. The van der Waals surface area contributed by atoms with Crippen LogP contribution in [0.2, 0.25) is 0 Å². The maximum absolute atomic E-state index is 13.4. The third-order valence-electron chi connectivity index (χ3n) is 5.42. The van der Waals surface area contributed by atoms with Crippen molar-refractivity contribution in [2.45, 2.75) is 6.61 Å². The van der Waals surface area contributed by atoms with Crippen molar-refractivity contribution < 1.29 is 38.1 Å². The van der Waals surface area contributed by atoms with E-state index in [9.17, 15) is 23.6 Å². The Balaban J connectivity index is 1.45. The van der Waals surface area contributed by atoms with Crippen LogP contribution in [0.25, 0.3) is 6.08 Å². The number of imide groups is 1. The van der Waals surface area contributed by atoms with Gasteiger partial charge in [-0.1, -0.05) is 18.2 Å². The third kappa shape index (κ3) is 6.95. The summed E-state index contributed by atoms with van der Waals surface area (Å²) in [5.41, 5.74) is 1.72. The van der Waals surface area contributed by atoms with E-state index in [1.54, 1.807) is 24.3 Å². The van der Waals surface area contributed by atoms with Crippen LogP contribution >= 0.6 is 34.4 Å². The number of amides is 3. The Labute approximate surface area is 240 Å². The molecular weight excluding hydrogens is 642 g/mol. The molecule has 0 radical (unpaired) electrons. The van der Waals surface area contributed by atoms with Crippen LogP contribution in [0.4, 0.5) is 14.9 Å². The minimum atomic E-state index is -1.01. The van der Waals surface area contributed by atoms with Gasteiger partial charge in [0.1, 0.15) is 19.0 Å². The molecule has 39 heavy (non-hydrogen) atoms. The van der Waals surface area contributed by atoms with E-state index in [4.69, 9.17) is 14.6 Å². The Kier molecular flexibility index (Phi) is 8.86. The number of nitrogens with zero attached hydrogens (tertiary/aromatic N) is 1. The van der Waals surface area contributed by atoms with E-state index in [0.29, 0.717) is 32.4 Å². The topological polar surface area (TPSA) is 122 Å². The highest BCUT2D eigenvalue weighted by Gasteiger charge is 2.36. The zero-order valence-corrected chi connectivity index (χ0v) is 23.2. The second kappa shape index (κ2) is 12.3. The highest BCUT2D eigenvalue weighted by molar-refractivity contribution is 14.1. The lowest BCUT2D eigenvalue weighted by Crippen LogP contribution is -2.36. The van der Waals surface area contributed by atoms with Crippen molar-refractivity contribution in [2.24, 2.45) is 0 Å². The van der Waals surface area contributed by atoms with E-state index in [1.807, 2.05) is 0 Å². The maximum Gasteiger partial charge on any atom is 0.335 e. The maximum atomic E-state index is 13.4. The second-order valence-electron chi connectivity index (χ2n) is 8.15. The summed E-state index contributed by atoms with van der Waals surface area (Å²) >= 11 is 2.76. The zero-order chi connectivity index (χ0) is 28.1. The number of rotatable bonds is 9. The van der Waals surface area contributed by atoms with Gasteiger partial charge in [-0.2, -0.15) is 0 Å². The van der Waals surface area contributed by atoms with Crippen molar-refractivity contribution in [3.8, 4) is 11.5 Å². The van der Waals surface area contributed by atoms with Gasteiger partial charge < -0.3 is 19.9 Å². The van der Waals surface area contributed by atoms with Crippen molar-refractivity contribution in [1.82, 2.24) is 4.90 Å². The van der Waals surface area contributed by atoms with Crippen LogP contribution in [0.15, 0.2) is 65.6 Å². The summed E-state index contributed by atoms with van der Waals surface area (Å²) in [7, 11) is 1.47. The van der Waals surface area contributed by atoms with Crippen LogP contribution in [0.1, 0.15) is 21.5 Å². The Hall–Kier alpha value is -3.91. The molecule has 1 aliphatic heterocycles. The number of halogens is 2. The van der Waals surface area contributed by atoms with Crippen LogP contribution in [-0.4, -0.2) is 46.7 Å². The zero-order valence-electron chi connectivity index (χ0n) is 20.3. The van der Waals surface area contributed by atoms with Crippen molar-refractivity contribution >= 4 is 69.1 Å². The highest BCUT2D eigenvalue weighted by atomic mass is 127. The normalized spacial score (nSPS) is 14.0. The molecule has 3 amide bonds. The molecule has 0 bridgehead atoms. The minimum absolute atomic E-state index is 0.128. The summed E-state index contributed by atoms with van der Waals surface area (Å²) in [4.78, 5) is 49.7. The van der Waals surface area contributed by atoms with Crippen molar-refractivity contribution in [3.05, 3.63) is 91.6 Å². The number of carboxylic acid groups (broad SMARTS) is 1. The van der Waals surface area contributed by atoms with E-state index in [1.165, 1.54) is 43.5 Å². The standard InChI is InChI=1S/C27H20FIN2O7S/c1-37-21-10-16(9-20(29)24(21)38-14-15-5-7-17(8-6-15)26(34)35)11-22-25(33)31(27(36)39-22)13-23(32)30-19-4-2-3-18(28)12-19/h2-12H,13-14H2,1H3,(H,30,32)(H,34,35)/b22-11+. The predicted molar refractivity (Wildman–Crippen MR) is 151 cm³/mol. The molecule has 1 saturated heterocycles. The number of carbonyl (C=O) groups excluding carboxylic acids is 3. The summed E-state index contributed by atoms with van der Waals surface area (Å²) in [6.07, 6.45) is 1.52. The molecule has 4 rings (SSSR count). The second-order valence-corrected chi connectivity index (χ2v) is 10.3.